The summed E-state index contributed by atoms with van der Waals surface area (Å²) < 4.78 is 27.0. The minimum absolute atomic E-state index is 0.0289. The molecule has 4 heteroatoms. The van der Waals surface area contributed by atoms with Gasteiger partial charge in [-0.05, 0) is 37.7 Å². The number of hydrogen-bond acceptors (Lipinski definition) is 2. The molecule has 1 fully saturated rings. The van der Waals surface area contributed by atoms with Crippen LogP contribution in [0.3, 0.4) is 0 Å². The van der Waals surface area contributed by atoms with Gasteiger partial charge in [0.25, 0.3) is 0 Å². The first-order valence-electron chi connectivity index (χ1n) is 7.13. The van der Waals surface area contributed by atoms with Crippen LogP contribution in [-0.2, 0) is 0 Å². The van der Waals surface area contributed by atoms with Crippen LogP contribution in [-0.4, -0.2) is 12.1 Å². The molecular formula is C15H20F2N2. The molecule has 1 spiro atoms. The zero-order chi connectivity index (χ0) is 13.5. The van der Waals surface area contributed by atoms with Crippen molar-refractivity contribution >= 4 is 11.4 Å². The lowest BCUT2D eigenvalue weighted by atomic mass is 9.74. The number of hydrogen-bond donors (Lipinski definition) is 2. The van der Waals surface area contributed by atoms with Crippen molar-refractivity contribution in [3.8, 4) is 0 Å². The SMILES string of the molecule is CCC1CCC2(CC1)CNc1c(F)cc(F)cc1N2. The number of halogens is 2. The summed E-state index contributed by atoms with van der Waals surface area (Å²) in [5.41, 5.74) is 0.946. The predicted molar refractivity (Wildman–Crippen MR) is 73.5 cm³/mol. The van der Waals surface area contributed by atoms with E-state index < -0.39 is 11.6 Å². The summed E-state index contributed by atoms with van der Waals surface area (Å²) in [7, 11) is 0. The highest BCUT2D eigenvalue weighted by Crippen LogP contribution is 2.41. The van der Waals surface area contributed by atoms with Crippen molar-refractivity contribution in [2.45, 2.75) is 44.6 Å². The maximum absolute atomic E-state index is 13.7. The molecule has 0 amide bonds. The van der Waals surface area contributed by atoms with Crippen molar-refractivity contribution in [3.63, 3.8) is 0 Å². The lowest BCUT2D eigenvalue weighted by Gasteiger charge is -2.45. The van der Waals surface area contributed by atoms with Gasteiger partial charge in [-0.15, -0.1) is 0 Å². The van der Waals surface area contributed by atoms with Gasteiger partial charge in [0.2, 0.25) is 0 Å². The van der Waals surface area contributed by atoms with E-state index in [0.717, 1.165) is 31.4 Å². The quantitative estimate of drug-likeness (QED) is 0.798. The summed E-state index contributed by atoms with van der Waals surface area (Å²) >= 11 is 0. The molecule has 0 saturated heterocycles. The molecule has 0 bridgehead atoms. The van der Waals surface area contributed by atoms with Crippen molar-refractivity contribution < 1.29 is 8.78 Å². The van der Waals surface area contributed by atoms with Crippen LogP contribution in [0, 0.1) is 17.6 Å². The Morgan fingerprint density at radius 2 is 2.00 bits per heavy atom. The third kappa shape index (κ3) is 2.28. The lowest BCUT2D eigenvalue weighted by Crippen LogP contribution is -2.50. The molecule has 19 heavy (non-hydrogen) atoms. The second-order valence-electron chi connectivity index (χ2n) is 5.92. The molecule has 1 aliphatic carbocycles. The van der Waals surface area contributed by atoms with Crippen LogP contribution in [0.4, 0.5) is 20.2 Å². The lowest BCUT2D eigenvalue weighted by molar-refractivity contribution is 0.255. The molecule has 2 N–H and O–H groups in total. The third-order valence-corrected chi connectivity index (χ3v) is 4.70. The number of nitrogens with one attached hydrogen (secondary N) is 2. The van der Waals surface area contributed by atoms with Crippen LogP contribution in [0.25, 0.3) is 0 Å². The molecule has 1 heterocycles. The summed E-state index contributed by atoms with van der Waals surface area (Å²) in [5.74, 6) is -0.234. The van der Waals surface area contributed by atoms with Gasteiger partial charge in [-0.1, -0.05) is 13.3 Å². The first-order chi connectivity index (χ1) is 9.12. The Balaban J connectivity index is 1.82. The normalized spacial score (nSPS) is 29.5. The standard InChI is InChI=1S/C15H20F2N2/c1-2-10-3-5-15(6-4-10)9-18-14-12(17)7-11(16)8-13(14)19-15/h7-8,10,18-19H,2-6,9H2,1H3. The van der Waals surface area contributed by atoms with E-state index in [1.807, 2.05) is 0 Å². The highest BCUT2D eigenvalue weighted by atomic mass is 19.1. The van der Waals surface area contributed by atoms with Gasteiger partial charge in [-0.2, -0.15) is 0 Å². The van der Waals surface area contributed by atoms with E-state index >= 15 is 0 Å². The Morgan fingerprint density at radius 3 is 2.68 bits per heavy atom. The van der Waals surface area contributed by atoms with Gasteiger partial charge in [-0.3, -0.25) is 0 Å². The summed E-state index contributed by atoms with van der Waals surface area (Å²) in [4.78, 5) is 0. The fourth-order valence-electron chi connectivity index (χ4n) is 3.38. The van der Waals surface area contributed by atoms with Gasteiger partial charge in [0.1, 0.15) is 5.82 Å². The number of rotatable bonds is 1. The fraction of sp³-hybridized carbons (Fsp3) is 0.600. The summed E-state index contributed by atoms with van der Waals surface area (Å²) in [6.45, 7) is 2.95. The van der Waals surface area contributed by atoms with Crippen molar-refractivity contribution in [2.24, 2.45) is 5.92 Å². The third-order valence-electron chi connectivity index (χ3n) is 4.70. The van der Waals surface area contributed by atoms with Crippen molar-refractivity contribution in [2.75, 3.05) is 17.2 Å². The average Bonchev–Trinajstić information content (AvgIpc) is 2.39. The summed E-state index contributed by atoms with van der Waals surface area (Å²) in [6, 6.07) is 2.32. The topological polar surface area (TPSA) is 24.1 Å². The second kappa shape index (κ2) is 4.66. The van der Waals surface area contributed by atoms with Gasteiger partial charge in [-0.25, -0.2) is 8.78 Å². The minimum atomic E-state index is -0.523. The Morgan fingerprint density at radius 1 is 1.26 bits per heavy atom. The van der Waals surface area contributed by atoms with E-state index in [0.29, 0.717) is 11.4 Å². The molecule has 1 aliphatic heterocycles. The van der Waals surface area contributed by atoms with Crippen LogP contribution in [0.1, 0.15) is 39.0 Å². The molecule has 2 nitrogen and oxygen atoms in total. The first-order valence-corrected chi connectivity index (χ1v) is 7.13. The molecule has 3 rings (SSSR count). The largest absolute Gasteiger partial charge is 0.379 e. The van der Waals surface area contributed by atoms with E-state index in [2.05, 4.69) is 17.6 Å². The highest BCUT2D eigenvalue weighted by molar-refractivity contribution is 5.73. The molecule has 104 valence electrons. The van der Waals surface area contributed by atoms with E-state index in [-0.39, 0.29) is 5.54 Å². The Kier molecular flexibility index (Phi) is 3.11. The van der Waals surface area contributed by atoms with Gasteiger partial charge in [0.15, 0.2) is 5.82 Å². The minimum Gasteiger partial charge on any atom is -0.379 e. The van der Waals surface area contributed by atoms with Crippen molar-refractivity contribution in [3.05, 3.63) is 23.8 Å². The van der Waals surface area contributed by atoms with E-state index in [1.54, 1.807) is 0 Å². The smallest absolute Gasteiger partial charge is 0.151 e. The molecular weight excluding hydrogens is 246 g/mol. The summed E-state index contributed by atoms with van der Waals surface area (Å²) in [5, 5.41) is 6.54. The molecule has 0 aromatic heterocycles. The van der Waals surface area contributed by atoms with Gasteiger partial charge in [0.05, 0.1) is 16.9 Å². The van der Waals surface area contributed by atoms with E-state index in [4.69, 9.17) is 0 Å². The van der Waals surface area contributed by atoms with Crippen LogP contribution in [0.15, 0.2) is 12.1 Å². The van der Waals surface area contributed by atoms with E-state index in [1.165, 1.54) is 25.3 Å². The second-order valence-corrected chi connectivity index (χ2v) is 5.92. The van der Waals surface area contributed by atoms with Crippen molar-refractivity contribution in [1.29, 1.82) is 0 Å². The number of anilines is 2. The molecule has 1 saturated carbocycles. The molecule has 0 unspecified atom stereocenters. The van der Waals surface area contributed by atoms with Crippen LogP contribution in [0.5, 0.6) is 0 Å². The van der Waals surface area contributed by atoms with Crippen molar-refractivity contribution in [1.82, 2.24) is 0 Å². The van der Waals surface area contributed by atoms with Crippen LogP contribution < -0.4 is 10.6 Å². The van der Waals surface area contributed by atoms with Gasteiger partial charge in [0, 0.05) is 12.6 Å². The molecule has 1 aromatic rings. The Hall–Kier alpha value is -1.32. The number of fused-ring (bicyclic) bond motifs is 1. The molecule has 2 aliphatic rings. The first kappa shape index (κ1) is 12.7. The highest BCUT2D eigenvalue weighted by Gasteiger charge is 2.38. The van der Waals surface area contributed by atoms with Crippen LogP contribution in [0.2, 0.25) is 0 Å². The Labute approximate surface area is 112 Å². The fourth-order valence-corrected chi connectivity index (χ4v) is 3.38. The van der Waals surface area contributed by atoms with E-state index in [9.17, 15) is 8.78 Å². The molecule has 1 aromatic carbocycles. The summed E-state index contributed by atoms with van der Waals surface area (Å²) in [6.07, 6.45) is 5.74. The maximum Gasteiger partial charge on any atom is 0.151 e. The zero-order valence-electron chi connectivity index (χ0n) is 11.2. The number of benzene rings is 1. The van der Waals surface area contributed by atoms with Gasteiger partial charge >= 0.3 is 0 Å². The monoisotopic (exact) mass is 266 g/mol. The van der Waals surface area contributed by atoms with Gasteiger partial charge < -0.3 is 10.6 Å². The molecule has 0 radical (unpaired) electrons. The zero-order valence-corrected chi connectivity index (χ0v) is 11.2. The maximum atomic E-state index is 13.7. The predicted octanol–water partition coefficient (Wildman–Crippen LogP) is 4.14. The van der Waals surface area contributed by atoms with Crippen LogP contribution >= 0.6 is 0 Å². The molecule has 0 atom stereocenters. The average molecular weight is 266 g/mol. The Bertz CT molecular complexity index is 479.